The normalized spacial score (nSPS) is 23.1. The molecule has 8 nitrogen and oxygen atoms in total. The number of nitriles is 1. The Balaban J connectivity index is 1.62. The highest BCUT2D eigenvalue weighted by Gasteiger charge is 2.51. The minimum absolute atomic E-state index is 0.392. The molecule has 2 heterocycles. The fourth-order valence-corrected chi connectivity index (χ4v) is 4.78. The number of hydrogen-bond acceptors (Lipinski definition) is 7. The molecule has 2 aliphatic rings. The van der Waals surface area contributed by atoms with Gasteiger partial charge in [0.25, 0.3) is 5.91 Å². The largest absolute Gasteiger partial charge is 0.485 e. The van der Waals surface area contributed by atoms with Crippen LogP contribution in [0.3, 0.4) is 0 Å². The van der Waals surface area contributed by atoms with Crippen molar-refractivity contribution in [2.24, 2.45) is 5.10 Å². The van der Waals surface area contributed by atoms with E-state index in [0.29, 0.717) is 33.7 Å². The van der Waals surface area contributed by atoms with Crippen LogP contribution in [0.25, 0.3) is 0 Å². The zero-order valence-electron chi connectivity index (χ0n) is 20.3. The van der Waals surface area contributed by atoms with Crippen LogP contribution in [0, 0.1) is 23.7 Å². The molecule has 0 aromatic heterocycles. The van der Waals surface area contributed by atoms with Gasteiger partial charge in [0.1, 0.15) is 17.5 Å². The maximum absolute atomic E-state index is 14.4. The van der Waals surface area contributed by atoms with Crippen molar-refractivity contribution >= 4 is 17.8 Å². The monoisotopic (exact) mass is 491 g/mol. The number of nitrogens with one attached hydrogen (secondary N) is 2. The molecule has 1 amide bonds. The Hall–Kier alpha value is -4.79. The summed E-state index contributed by atoms with van der Waals surface area (Å²) in [4.78, 5) is 14.4. The molecule has 0 spiro atoms. The van der Waals surface area contributed by atoms with Crippen molar-refractivity contribution in [3.63, 3.8) is 0 Å². The second-order valence-electron chi connectivity index (χ2n) is 9.49. The molecule has 0 aliphatic carbocycles. The average molecular weight is 492 g/mol. The lowest BCUT2D eigenvalue weighted by atomic mass is 9.84. The van der Waals surface area contributed by atoms with E-state index < -0.39 is 29.2 Å². The van der Waals surface area contributed by atoms with Crippen molar-refractivity contribution in [3.8, 4) is 24.2 Å². The van der Waals surface area contributed by atoms with E-state index in [9.17, 15) is 15.2 Å². The predicted octanol–water partition coefficient (Wildman–Crippen LogP) is 3.13. The highest BCUT2D eigenvalue weighted by atomic mass is 16.5. The number of carbonyl (C=O) groups excluding carboxylic acids is 1. The van der Waals surface area contributed by atoms with Gasteiger partial charge in [0.2, 0.25) is 5.54 Å². The van der Waals surface area contributed by atoms with Crippen LogP contribution in [-0.4, -0.2) is 28.9 Å². The quantitative estimate of drug-likeness (QED) is 0.484. The molecule has 3 atom stereocenters. The summed E-state index contributed by atoms with van der Waals surface area (Å²) >= 11 is 0. The Morgan fingerprint density at radius 1 is 1.14 bits per heavy atom. The smallest absolute Gasteiger partial charge is 0.258 e. The van der Waals surface area contributed by atoms with E-state index in [0.717, 1.165) is 0 Å². The van der Waals surface area contributed by atoms with E-state index in [4.69, 9.17) is 11.2 Å². The Morgan fingerprint density at radius 3 is 2.65 bits per heavy atom. The maximum atomic E-state index is 14.4. The number of ether oxygens (including phenoxy) is 1. The van der Waals surface area contributed by atoms with Crippen LogP contribution >= 0.6 is 0 Å². The van der Waals surface area contributed by atoms with E-state index in [1.807, 2.05) is 42.5 Å². The highest BCUT2D eigenvalue weighted by Crippen LogP contribution is 2.42. The SMILES string of the molecule is C#Cc1cccc(N2NN=CC2(C(=O)NC2c3cc(C#N)ccc3OC(C)(C)C2O)c2ccccc2)c1. The third-order valence-electron chi connectivity index (χ3n) is 6.75. The van der Waals surface area contributed by atoms with Crippen LogP contribution in [0.5, 0.6) is 5.75 Å². The fourth-order valence-electron chi connectivity index (χ4n) is 4.78. The number of hydrazine groups is 1. The Morgan fingerprint density at radius 2 is 1.92 bits per heavy atom. The van der Waals surface area contributed by atoms with Gasteiger partial charge in [0.05, 0.1) is 29.6 Å². The number of fused-ring (bicyclic) bond motifs is 1. The van der Waals surface area contributed by atoms with E-state index in [1.54, 1.807) is 49.2 Å². The number of nitrogens with zero attached hydrogens (tertiary/aromatic N) is 3. The molecule has 0 radical (unpaired) electrons. The number of hydrazone groups is 1. The second-order valence-corrected chi connectivity index (χ2v) is 9.49. The molecule has 0 saturated carbocycles. The summed E-state index contributed by atoms with van der Waals surface area (Å²) in [5.41, 5.74) is 3.37. The Bertz CT molecular complexity index is 1470. The molecule has 5 rings (SSSR count). The van der Waals surface area contributed by atoms with Crippen LogP contribution in [0.15, 0.2) is 77.9 Å². The van der Waals surface area contributed by atoms with Gasteiger partial charge in [0.15, 0.2) is 0 Å². The molecular formula is C29H25N5O3. The molecule has 3 unspecified atom stereocenters. The molecule has 37 heavy (non-hydrogen) atoms. The van der Waals surface area contributed by atoms with E-state index in [-0.39, 0.29) is 0 Å². The van der Waals surface area contributed by atoms with Gasteiger partial charge < -0.3 is 15.2 Å². The molecule has 0 saturated heterocycles. The number of terminal acetylenes is 1. The lowest BCUT2D eigenvalue weighted by Crippen LogP contribution is -2.61. The van der Waals surface area contributed by atoms with Gasteiger partial charge in [0, 0.05) is 11.1 Å². The zero-order chi connectivity index (χ0) is 26.2. The number of amides is 1. The summed E-state index contributed by atoms with van der Waals surface area (Å²) < 4.78 is 6.02. The third-order valence-corrected chi connectivity index (χ3v) is 6.75. The molecule has 3 aromatic rings. The minimum Gasteiger partial charge on any atom is -0.485 e. The number of anilines is 1. The molecule has 184 valence electrons. The average Bonchev–Trinajstić information content (AvgIpc) is 3.38. The summed E-state index contributed by atoms with van der Waals surface area (Å²) in [6, 6.07) is 22.6. The van der Waals surface area contributed by atoms with Gasteiger partial charge in [-0.3, -0.25) is 4.79 Å². The van der Waals surface area contributed by atoms with Gasteiger partial charge in [-0.15, -0.1) is 6.42 Å². The summed E-state index contributed by atoms with van der Waals surface area (Å²) in [5.74, 6) is 2.67. The molecule has 2 aliphatic heterocycles. The lowest BCUT2D eigenvalue weighted by molar-refractivity contribution is -0.128. The van der Waals surface area contributed by atoms with Crippen molar-refractivity contribution in [1.29, 1.82) is 5.26 Å². The van der Waals surface area contributed by atoms with Crippen LogP contribution in [-0.2, 0) is 10.3 Å². The first-order chi connectivity index (χ1) is 17.8. The number of hydrogen-bond donors (Lipinski definition) is 3. The summed E-state index contributed by atoms with van der Waals surface area (Å²) in [6.45, 7) is 3.50. The number of aliphatic hydroxyl groups is 1. The third kappa shape index (κ3) is 3.94. The number of rotatable bonds is 4. The van der Waals surface area contributed by atoms with Crippen LogP contribution in [0.2, 0.25) is 0 Å². The summed E-state index contributed by atoms with van der Waals surface area (Å²) in [7, 11) is 0. The van der Waals surface area contributed by atoms with E-state index in [1.165, 1.54) is 6.21 Å². The van der Waals surface area contributed by atoms with Crippen LogP contribution < -0.4 is 20.6 Å². The minimum atomic E-state index is -1.41. The van der Waals surface area contributed by atoms with Crippen molar-refractivity contribution < 1.29 is 14.6 Å². The first kappa shape index (κ1) is 23.9. The second kappa shape index (κ2) is 9.02. The van der Waals surface area contributed by atoms with Crippen molar-refractivity contribution in [2.45, 2.75) is 37.1 Å². The Labute approximate surface area is 215 Å². The van der Waals surface area contributed by atoms with E-state index >= 15 is 0 Å². The molecule has 8 heteroatoms. The summed E-state index contributed by atoms with van der Waals surface area (Å²) in [5, 5.41) is 29.7. The molecule has 0 fully saturated rings. The summed E-state index contributed by atoms with van der Waals surface area (Å²) in [6.07, 6.45) is 6.06. The van der Waals surface area contributed by atoms with Gasteiger partial charge >= 0.3 is 0 Å². The van der Waals surface area contributed by atoms with Gasteiger partial charge in [-0.25, -0.2) is 10.5 Å². The predicted molar refractivity (Wildman–Crippen MR) is 139 cm³/mol. The number of carbonyl (C=O) groups is 1. The maximum Gasteiger partial charge on any atom is 0.258 e. The molecular weight excluding hydrogens is 466 g/mol. The molecule has 0 bridgehead atoms. The lowest BCUT2D eigenvalue weighted by Gasteiger charge is -2.44. The Kier molecular flexibility index (Phi) is 5.83. The van der Waals surface area contributed by atoms with Gasteiger partial charge in [-0.2, -0.15) is 10.4 Å². The topological polar surface area (TPSA) is 110 Å². The first-order valence-electron chi connectivity index (χ1n) is 11.7. The van der Waals surface area contributed by atoms with Crippen molar-refractivity contribution in [3.05, 3.63) is 95.1 Å². The van der Waals surface area contributed by atoms with Crippen LogP contribution in [0.4, 0.5) is 5.69 Å². The standard InChI is InChI=1S/C29H25N5O3/c1-4-19-9-8-12-22(15-19)34-29(18-31-33-34,21-10-6-5-7-11-21)27(36)32-25-23-16-20(17-30)13-14-24(23)37-28(2,3)26(25)35/h1,5-16,18,25-26,33,35H,2-3H3,(H,32,36). The molecule has 3 N–H and O–H groups in total. The van der Waals surface area contributed by atoms with Gasteiger partial charge in [-0.1, -0.05) is 42.3 Å². The van der Waals surface area contributed by atoms with Crippen LogP contribution in [0.1, 0.15) is 42.1 Å². The van der Waals surface area contributed by atoms with Crippen molar-refractivity contribution in [2.75, 3.05) is 5.01 Å². The fraction of sp³-hybridized carbons (Fsp3) is 0.207. The first-order valence-corrected chi connectivity index (χ1v) is 11.7. The molecule has 3 aromatic carbocycles. The zero-order valence-corrected chi connectivity index (χ0v) is 20.3. The number of benzene rings is 3. The van der Waals surface area contributed by atoms with E-state index in [2.05, 4.69) is 27.9 Å². The highest BCUT2D eigenvalue weighted by molar-refractivity contribution is 6.08. The number of aliphatic hydroxyl groups excluding tert-OH is 1. The van der Waals surface area contributed by atoms with Crippen molar-refractivity contribution in [1.82, 2.24) is 10.9 Å². The van der Waals surface area contributed by atoms with Gasteiger partial charge in [-0.05, 0) is 55.8 Å².